The second-order valence-electron chi connectivity index (χ2n) is 5.60. The lowest BCUT2D eigenvalue weighted by molar-refractivity contribution is -0.147. The fourth-order valence-electron chi connectivity index (χ4n) is 2.30. The normalized spacial score (nSPS) is 10.3. The molecule has 5 heteroatoms. The summed E-state index contributed by atoms with van der Waals surface area (Å²) >= 11 is 0. The van der Waals surface area contributed by atoms with Gasteiger partial charge in [-0.3, -0.25) is 9.59 Å². The van der Waals surface area contributed by atoms with E-state index in [-0.39, 0.29) is 24.8 Å². The molecule has 0 atom stereocenters. The number of benzene rings is 2. The van der Waals surface area contributed by atoms with E-state index in [0.29, 0.717) is 6.42 Å². The molecule has 2 aromatic rings. The van der Waals surface area contributed by atoms with E-state index in [4.69, 9.17) is 4.74 Å². The molecule has 0 unspecified atom stereocenters. The van der Waals surface area contributed by atoms with E-state index in [1.54, 1.807) is 12.1 Å². The smallest absolute Gasteiger partial charge is 0.306 e. The van der Waals surface area contributed by atoms with Crippen LogP contribution in [0, 0.1) is 19.7 Å². The minimum atomic E-state index is -0.462. The van der Waals surface area contributed by atoms with Crippen LogP contribution in [-0.4, -0.2) is 18.5 Å². The molecule has 0 aliphatic heterocycles. The number of carbonyl (C=O) groups excluding carboxylic acids is 2. The van der Waals surface area contributed by atoms with Crippen molar-refractivity contribution in [3.05, 3.63) is 65.0 Å². The number of anilines is 1. The third-order valence-corrected chi connectivity index (χ3v) is 3.64. The summed E-state index contributed by atoms with van der Waals surface area (Å²) in [5, 5.41) is 2.76. The van der Waals surface area contributed by atoms with Crippen LogP contribution in [0.25, 0.3) is 0 Å². The molecule has 0 saturated carbocycles. The molecule has 24 heavy (non-hydrogen) atoms. The molecule has 0 fully saturated rings. The number of halogens is 1. The minimum absolute atomic E-state index is 0.141. The Kier molecular flexibility index (Phi) is 6.07. The van der Waals surface area contributed by atoms with Crippen LogP contribution in [-0.2, 0) is 20.7 Å². The SMILES string of the molecule is Cc1cccc(C)c1NC(=O)COC(=O)CCc1ccc(F)cc1. The van der Waals surface area contributed by atoms with Crippen LogP contribution in [0.5, 0.6) is 0 Å². The van der Waals surface area contributed by atoms with E-state index in [1.165, 1.54) is 12.1 Å². The maximum Gasteiger partial charge on any atom is 0.306 e. The molecule has 0 spiro atoms. The average Bonchev–Trinajstić information content (AvgIpc) is 2.56. The summed E-state index contributed by atoms with van der Waals surface area (Å²) in [6.07, 6.45) is 0.583. The van der Waals surface area contributed by atoms with Crippen LogP contribution in [0.15, 0.2) is 42.5 Å². The maximum atomic E-state index is 12.8. The Hall–Kier alpha value is -2.69. The number of para-hydroxylation sites is 1. The van der Waals surface area contributed by atoms with Crippen LogP contribution >= 0.6 is 0 Å². The highest BCUT2D eigenvalue weighted by molar-refractivity contribution is 5.94. The predicted molar refractivity (Wildman–Crippen MR) is 90.2 cm³/mol. The maximum absolute atomic E-state index is 12.8. The van der Waals surface area contributed by atoms with Crippen molar-refractivity contribution >= 4 is 17.6 Å². The zero-order valence-electron chi connectivity index (χ0n) is 13.8. The van der Waals surface area contributed by atoms with Crippen molar-refractivity contribution in [3.63, 3.8) is 0 Å². The number of esters is 1. The number of aryl methyl sites for hydroxylation is 3. The van der Waals surface area contributed by atoms with E-state index in [9.17, 15) is 14.0 Å². The number of hydrogen-bond acceptors (Lipinski definition) is 3. The fraction of sp³-hybridized carbons (Fsp3) is 0.263. The first kappa shape index (κ1) is 17.7. The van der Waals surface area contributed by atoms with Gasteiger partial charge in [0.2, 0.25) is 0 Å². The Morgan fingerprint density at radius 3 is 2.29 bits per heavy atom. The first-order chi connectivity index (χ1) is 11.5. The van der Waals surface area contributed by atoms with Crippen LogP contribution in [0.1, 0.15) is 23.1 Å². The number of carbonyl (C=O) groups is 2. The second-order valence-corrected chi connectivity index (χ2v) is 5.60. The number of hydrogen-bond donors (Lipinski definition) is 1. The number of nitrogens with one attached hydrogen (secondary N) is 1. The van der Waals surface area contributed by atoms with Crippen molar-refractivity contribution in [2.24, 2.45) is 0 Å². The summed E-state index contributed by atoms with van der Waals surface area (Å²) < 4.78 is 17.8. The van der Waals surface area contributed by atoms with Crippen LogP contribution < -0.4 is 5.32 Å². The molecule has 0 radical (unpaired) electrons. The van der Waals surface area contributed by atoms with Gasteiger partial charge in [-0.25, -0.2) is 4.39 Å². The average molecular weight is 329 g/mol. The van der Waals surface area contributed by atoms with Crippen molar-refractivity contribution in [2.75, 3.05) is 11.9 Å². The van der Waals surface area contributed by atoms with Gasteiger partial charge in [0.15, 0.2) is 6.61 Å². The van der Waals surface area contributed by atoms with E-state index < -0.39 is 5.97 Å². The lowest BCUT2D eigenvalue weighted by Crippen LogP contribution is -2.22. The van der Waals surface area contributed by atoms with E-state index in [0.717, 1.165) is 22.4 Å². The monoisotopic (exact) mass is 329 g/mol. The molecule has 1 N–H and O–H groups in total. The Balaban J connectivity index is 1.77. The third-order valence-electron chi connectivity index (χ3n) is 3.64. The molecule has 0 aromatic heterocycles. The van der Waals surface area contributed by atoms with Crippen molar-refractivity contribution in [3.8, 4) is 0 Å². The highest BCUT2D eigenvalue weighted by Crippen LogP contribution is 2.19. The summed E-state index contributed by atoms with van der Waals surface area (Å²) in [6, 6.07) is 11.6. The van der Waals surface area contributed by atoms with Gasteiger partial charge in [0.25, 0.3) is 5.91 Å². The van der Waals surface area contributed by atoms with Crippen molar-refractivity contribution in [1.82, 2.24) is 0 Å². The van der Waals surface area contributed by atoms with E-state index >= 15 is 0 Å². The molecule has 126 valence electrons. The van der Waals surface area contributed by atoms with E-state index in [2.05, 4.69) is 5.32 Å². The quantitative estimate of drug-likeness (QED) is 0.825. The lowest BCUT2D eigenvalue weighted by Gasteiger charge is -2.11. The van der Waals surface area contributed by atoms with Crippen LogP contribution in [0.4, 0.5) is 10.1 Å². The zero-order valence-corrected chi connectivity index (χ0v) is 13.8. The van der Waals surface area contributed by atoms with Gasteiger partial charge in [0.1, 0.15) is 5.82 Å². The van der Waals surface area contributed by atoms with E-state index in [1.807, 2.05) is 32.0 Å². The lowest BCUT2D eigenvalue weighted by atomic mass is 10.1. The minimum Gasteiger partial charge on any atom is -0.456 e. The highest BCUT2D eigenvalue weighted by atomic mass is 19.1. The fourth-order valence-corrected chi connectivity index (χ4v) is 2.30. The van der Waals surface area contributed by atoms with Gasteiger partial charge in [0, 0.05) is 12.1 Å². The third kappa shape index (κ3) is 5.19. The first-order valence-electron chi connectivity index (χ1n) is 7.72. The molecule has 1 amide bonds. The molecule has 0 bridgehead atoms. The molecular formula is C19H20FNO3. The first-order valence-corrected chi connectivity index (χ1v) is 7.72. The van der Waals surface area contributed by atoms with Crippen molar-refractivity contribution in [2.45, 2.75) is 26.7 Å². The van der Waals surface area contributed by atoms with Crippen molar-refractivity contribution in [1.29, 1.82) is 0 Å². The molecule has 4 nitrogen and oxygen atoms in total. The van der Waals surface area contributed by atoms with Gasteiger partial charge < -0.3 is 10.1 Å². The van der Waals surface area contributed by atoms with Gasteiger partial charge in [-0.15, -0.1) is 0 Å². The number of ether oxygens (including phenoxy) is 1. The van der Waals surface area contributed by atoms with Gasteiger partial charge in [0.05, 0.1) is 0 Å². The topological polar surface area (TPSA) is 55.4 Å². The van der Waals surface area contributed by atoms with Crippen molar-refractivity contribution < 1.29 is 18.7 Å². The zero-order chi connectivity index (χ0) is 17.5. The van der Waals surface area contributed by atoms with Gasteiger partial charge >= 0.3 is 5.97 Å². The summed E-state index contributed by atoms with van der Waals surface area (Å²) in [7, 11) is 0. The molecule has 0 saturated heterocycles. The summed E-state index contributed by atoms with van der Waals surface area (Å²) in [5.41, 5.74) is 3.48. The van der Waals surface area contributed by atoms with Crippen LogP contribution in [0.2, 0.25) is 0 Å². The van der Waals surface area contributed by atoms with Crippen LogP contribution in [0.3, 0.4) is 0 Å². The molecule has 0 aliphatic carbocycles. The number of rotatable bonds is 6. The molecule has 0 aliphatic rings. The van der Waals surface area contributed by atoms with Gasteiger partial charge in [-0.2, -0.15) is 0 Å². The summed E-state index contributed by atoms with van der Waals surface area (Å²) in [6.45, 7) is 3.48. The van der Waals surface area contributed by atoms with Gasteiger partial charge in [-0.05, 0) is 49.1 Å². The summed E-state index contributed by atoms with van der Waals surface area (Å²) in [4.78, 5) is 23.6. The summed E-state index contributed by atoms with van der Waals surface area (Å²) in [5.74, 6) is -1.15. The molecular weight excluding hydrogens is 309 g/mol. The Labute approximate surface area is 140 Å². The Bertz CT molecular complexity index is 706. The largest absolute Gasteiger partial charge is 0.456 e. The Morgan fingerprint density at radius 2 is 1.67 bits per heavy atom. The highest BCUT2D eigenvalue weighted by Gasteiger charge is 2.10. The molecule has 2 rings (SSSR count). The Morgan fingerprint density at radius 1 is 1.04 bits per heavy atom. The molecule has 2 aromatic carbocycles. The van der Waals surface area contributed by atoms with Gasteiger partial charge in [-0.1, -0.05) is 30.3 Å². The standard InChI is InChI=1S/C19H20FNO3/c1-13-4-3-5-14(2)19(13)21-17(22)12-24-18(23)11-8-15-6-9-16(20)10-7-15/h3-7,9-10H,8,11-12H2,1-2H3,(H,21,22). The number of amides is 1. The molecule has 0 heterocycles. The predicted octanol–water partition coefficient (Wildman–Crippen LogP) is 3.56. The second kappa shape index (κ2) is 8.24.